The van der Waals surface area contributed by atoms with Crippen LogP contribution in [0.5, 0.6) is 0 Å². The Morgan fingerprint density at radius 3 is 2.77 bits per heavy atom. The summed E-state index contributed by atoms with van der Waals surface area (Å²) in [6.45, 7) is 5.58. The molecule has 5 saturated heterocycles. The number of thioether (sulfide) groups is 1. The van der Waals surface area contributed by atoms with E-state index in [1.165, 1.54) is 50.9 Å². The first-order valence-corrected chi connectivity index (χ1v) is 13.6. The fourth-order valence-corrected chi connectivity index (χ4v) is 7.73. The van der Waals surface area contributed by atoms with Gasteiger partial charge >= 0.3 is 0 Å². The maximum Gasteiger partial charge on any atom is 0.220 e. The molecule has 0 saturated carbocycles. The van der Waals surface area contributed by atoms with Crippen LogP contribution in [0.1, 0.15) is 51.4 Å². The summed E-state index contributed by atoms with van der Waals surface area (Å²) in [6.07, 6.45) is 10.3. The molecule has 5 rings (SSSR count). The van der Waals surface area contributed by atoms with Crippen molar-refractivity contribution in [3.05, 3.63) is 0 Å². The molecule has 0 aliphatic carbocycles. The predicted octanol–water partition coefficient (Wildman–Crippen LogP) is -0.380. The molecular formula is C22H41N6O2S+. The fourth-order valence-electron chi connectivity index (χ4n) is 6.43. The summed E-state index contributed by atoms with van der Waals surface area (Å²) in [4.78, 5) is 22.9. The lowest BCUT2D eigenvalue weighted by Gasteiger charge is -2.39. The normalized spacial score (nSPS) is 41.2. The van der Waals surface area contributed by atoms with Gasteiger partial charge in [-0.1, -0.05) is 0 Å². The molecule has 31 heavy (non-hydrogen) atoms. The largest absolute Gasteiger partial charge is 0.369 e. The molecule has 5 aliphatic heterocycles. The van der Waals surface area contributed by atoms with E-state index in [-0.39, 0.29) is 24.2 Å². The molecule has 0 aromatic heterocycles. The molecule has 176 valence electrons. The first kappa shape index (κ1) is 22.4. The van der Waals surface area contributed by atoms with Crippen molar-refractivity contribution in [1.82, 2.24) is 20.6 Å². The zero-order valence-corrected chi connectivity index (χ0v) is 19.5. The van der Waals surface area contributed by atoms with Crippen LogP contribution in [-0.4, -0.2) is 84.0 Å². The molecule has 5 fully saturated rings. The molecule has 6 N–H and O–H groups in total. The Labute approximate surface area is 190 Å². The summed E-state index contributed by atoms with van der Waals surface area (Å²) in [5.41, 5.74) is 8.89. The van der Waals surface area contributed by atoms with Gasteiger partial charge in [0.2, 0.25) is 5.91 Å². The Morgan fingerprint density at radius 1 is 1.13 bits per heavy atom. The second-order valence-electron chi connectivity index (χ2n) is 10.2. The molecule has 9 heteroatoms. The topological polar surface area (TPSA) is 99.5 Å². The maximum absolute atomic E-state index is 11.5. The second-order valence-corrected chi connectivity index (χ2v) is 11.6. The van der Waals surface area contributed by atoms with Crippen LogP contribution in [-0.2, 0) is 9.63 Å². The number of quaternary nitrogens is 1. The first-order chi connectivity index (χ1) is 15.2. The zero-order chi connectivity index (χ0) is 21.2. The molecule has 0 radical (unpaired) electrons. The third-order valence-corrected chi connectivity index (χ3v) is 9.66. The number of hydrogen-bond acceptors (Lipinski definition) is 7. The Balaban J connectivity index is 1.11. The summed E-state index contributed by atoms with van der Waals surface area (Å²) < 4.78 is 0. The zero-order valence-electron chi connectivity index (χ0n) is 18.7. The SMILES string of the molecule is NC(=O)C1CCN(C2CC(C3NOC(C4CCCN4CC4CCCS4)N3)CC[NH2+]2)CC1. The molecule has 0 bridgehead atoms. The van der Waals surface area contributed by atoms with Crippen LogP contribution in [0.15, 0.2) is 0 Å². The number of carbonyl (C=O) groups is 1. The number of nitrogens with one attached hydrogen (secondary N) is 2. The van der Waals surface area contributed by atoms with Gasteiger partial charge in [0.15, 0.2) is 0 Å². The van der Waals surface area contributed by atoms with Crippen molar-refractivity contribution in [1.29, 1.82) is 0 Å². The third-order valence-electron chi connectivity index (χ3n) is 8.28. The quantitative estimate of drug-likeness (QED) is 0.435. The number of nitrogens with zero attached hydrogens (tertiary/aromatic N) is 2. The van der Waals surface area contributed by atoms with Gasteiger partial charge in [-0.15, -0.1) is 0 Å². The van der Waals surface area contributed by atoms with E-state index in [1.54, 1.807) is 0 Å². The highest BCUT2D eigenvalue weighted by molar-refractivity contribution is 8.00. The lowest BCUT2D eigenvalue weighted by molar-refractivity contribution is -0.720. The van der Waals surface area contributed by atoms with E-state index < -0.39 is 0 Å². The summed E-state index contributed by atoms with van der Waals surface area (Å²) >= 11 is 2.16. The number of primary amides is 1. The van der Waals surface area contributed by atoms with Gasteiger partial charge in [0.05, 0.1) is 18.8 Å². The van der Waals surface area contributed by atoms with Gasteiger partial charge in [0.1, 0.15) is 12.4 Å². The average Bonchev–Trinajstić information content (AvgIpc) is 3.56. The molecule has 6 unspecified atom stereocenters. The van der Waals surface area contributed by atoms with Gasteiger partial charge in [0, 0.05) is 49.6 Å². The molecule has 8 nitrogen and oxygen atoms in total. The van der Waals surface area contributed by atoms with Gasteiger partial charge in [0.25, 0.3) is 0 Å². The molecule has 0 spiro atoms. The van der Waals surface area contributed by atoms with Gasteiger partial charge in [-0.05, 0) is 50.8 Å². The monoisotopic (exact) mass is 453 g/mol. The Bertz CT molecular complexity index is 613. The number of piperidine rings is 2. The van der Waals surface area contributed by atoms with Gasteiger partial charge in [-0.25, -0.2) is 0 Å². The second kappa shape index (κ2) is 10.2. The van der Waals surface area contributed by atoms with Crippen LogP contribution in [0.4, 0.5) is 0 Å². The van der Waals surface area contributed by atoms with E-state index in [2.05, 4.69) is 37.7 Å². The van der Waals surface area contributed by atoms with E-state index in [1.807, 2.05) is 0 Å². The van der Waals surface area contributed by atoms with Crippen molar-refractivity contribution >= 4 is 17.7 Å². The van der Waals surface area contributed by atoms with E-state index in [0.717, 1.165) is 44.1 Å². The molecule has 0 aromatic carbocycles. The van der Waals surface area contributed by atoms with Gasteiger partial charge < -0.3 is 11.1 Å². The van der Waals surface area contributed by atoms with E-state index >= 15 is 0 Å². The van der Waals surface area contributed by atoms with Crippen molar-refractivity contribution < 1.29 is 14.9 Å². The van der Waals surface area contributed by atoms with Crippen LogP contribution in [0.2, 0.25) is 0 Å². The van der Waals surface area contributed by atoms with Crippen LogP contribution in [0, 0.1) is 11.8 Å². The molecular weight excluding hydrogens is 412 g/mol. The number of hydroxylamine groups is 1. The standard InChI is InChI=1S/C22H40N6O2S/c23-20(29)15-6-10-27(11-7-15)19-13-16(5-8-24-19)21-25-22(30-26-21)18-4-1-9-28(18)14-17-3-2-12-31-17/h15-19,21-22,24-26H,1-14H2,(H2,23,29)/p+1. The summed E-state index contributed by atoms with van der Waals surface area (Å²) in [7, 11) is 0. The van der Waals surface area contributed by atoms with Crippen molar-refractivity contribution in [3.8, 4) is 0 Å². The van der Waals surface area contributed by atoms with E-state index in [4.69, 9.17) is 10.6 Å². The van der Waals surface area contributed by atoms with Crippen LogP contribution in [0.25, 0.3) is 0 Å². The number of hydrogen-bond donors (Lipinski definition) is 4. The Kier molecular flexibility index (Phi) is 7.39. The van der Waals surface area contributed by atoms with E-state index in [9.17, 15) is 4.79 Å². The summed E-state index contributed by atoms with van der Waals surface area (Å²) in [5.74, 6) is 1.86. The number of rotatable bonds is 6. The Hall–Kier alpha value is -0.420. The van der Waals surface area contributed by atoms with Crippen molar-refractivity contribution in [2.75, 3.05) is 38.5 Å². The fraction of sp³-hybridized carbons (Fsp3) is 0.955. The van der Waals surface area contributed by atoms with Gasteiger partial charge in [-0.3, -0.25) is 24.7 Å². The highest BCUT2D eigenvalue weighted by atomic mass is 32.2. The van der Waals surface area contributed by atoms with Crippen LogP contribution in [0.3, 0.4) is 0 Å². The van der Waals surface area contributed by atoms with Gasteiger partial charge in [-0.2, -0.15) is 17.2 Å². The summed E-state index contributed by atoms with van der Waals surface area (Å²) in [5, 5.41) is 7.14. The molecule has 5 aliphatic rings. The number of nitrogens with two attached hydrogens (primary N) is 2. The first-order valence-electron chi connectivity index (χ1n) is 12.6. The maximum atomic E-state index is 11.5. The highest BCUT2D eigenvalue weighted by Crippen LogP contribution is 2.31. The number of likely N-dealkylation sites (tertiary alicyclic amines) is 2. The smallest absolute Gasteiger partial charge is 0.220 e. The predicted molar refractivity (Wildman–Crippen MR) is 122 cm³/mol. The minimum Gasteiger partial charge on any atom is -0.369 e. The lowest BCUT2D eigenvalue weighted by atomic mass is 9.90. The Morgan fingerprint density at radius 2 is 2.00 bits per heavy atom. The number of amides is 1. The molecule has 1 amide bonds. The highest BCUT2D eigenvalue weighted by Gasteiger charge is 2.43. The van der Waals surface area contributed by atoms with Crippen LogP contribution >= 0.6 is 11.8 Å². The number of carbonyl (C=O) groups excluding carboxylic acids is 1. The molecule has 0 aromatic rings. The minimum absolute atomic E-state index is 0.0694. The average molecular weight is 454 g/mol. The van der Waals surface area contributed by atoms with E-state index in [0.29, 0.717) is 18.1 Å². The van der Waals surface area contributed by atoms with Crippen molar-refractivity contribution in [2.24, 2.45) is 17.6 Å². The van der Waals surface area contributed by atoms with Crippen molar-refractivity contribution in [3.63, 3.8) is 0 Å². The molecule has 6 atom stereocenters. The third kappa shape index (κ3) is 5.23. The lowest BCUT2D eigenvalue weighted by Crippen LogP contribution is -2.95. The van der Waals surface area contributed by atoms with Crippen LogP contribution < -0.4 is 21.8 Å². The van der Waals surface area contributed by atoms with Crippen molar-refractivity contribution in [2.45, 2.75) is 81.2 Å². The molecule has 5 heterocycles. The minimum atomic E-state index is -0.125. The summed E-state index contributed by atoms with van der Waals surface area (Å²) in [6, 6.07) is 0.498.